The maximum Gasteiger partial charge on any atom is 0.191 e. The minimum Gasteiger partial charge on any atom is -0.378 e. The molecule has 1 aliphatic heterocycles. The highest BCUT2D eigenvalue weighted by atomic mass is 127. The first-order valence-corrected chi connectivity index (χ1v) is 7.98. The number of halogens is 1. The van der Waals surface area contributed by atoms with Crippen LogP contribution in [0.1, 0.15) is 31.2 Å². The van der Waals surface area contributed by atoms with Gasteiger partial charge in [0.15, 0.2) is 5.96 Å². The predicted molar refractivity (Wildman–Crippen MR) is 106 cm³/mol. The molecule has 0 aliphatic carbocycles. The van der Waals surface area contributed by atoms with Crippen LogP contribution in [0.4, 0.5) is 5.69 Å². The summed E-state index contributed by atoms with van der Waals surface area (Å²) in [6.07, 6.45) is 6.07. The van der Waals surface area contributed by atoms with Crippen molar-refractivity contribution in [3.8, 4) is 0 Å². The van der Waals surface area contributed by atoms with Gasteiger partial charge in [0.25, 0.3) is 0 Å². The fourth-order valence-electron chi connectivity index (χ4n) is 2.66. The van der Waals surface area contributed by atoms with Gasteiger partial charge in [0.2, 0.25) is 0 Å². The number of aliphatic imine (C=N–C) groups is 1. The Hall–Kier alpha value is -0.980. The van der Waals surface area contributed by atoms with Crippen LogP contribution in [0.15, 0.2) is 29.3 Å². The van der Waals surface area contributed by atoms with Gasteiger partial charge in [0.1, 0.15) is 0 Å². The third-order valence-electron chi connectivity index (χ3n) is 4.06. The number of nitrogens with two attached hydrogens (primary N) is 1. The van der Waals surface area contributed by atoms with Gasteiger partial charge >= 0.3 is 0 Å². The Morgan fingerprint density at radius 3 is 2.23 bits per heavy atom. The van der Waals surface area contributed by atoms with Gasteiger partial charge in [-0.05, 0) is 37.0 Å². The lowest BCUT2D eigenvalue weighted by Gasteiger charge is -2.21. The molecule has 0 radical (unpaired) electrons. The van der Waals surface area contributed by atoms with E-state index in [1.807, 2.05) is 0 Å². The van der Waals surface area contributed by atoms with Crippen LogP contribution >= 0.6 is 24.0 Å². The number of hydrogen-bond acceptors (Lipinski definition) is 2. The second kappa shape index (κ2) is 9.92. The molecule has 0 aromatic heterocycles. The molecule has 0 amide bonds. The van der Waals surface area contributed by atoms with Crippen LogP contribution in [-0.2, 0) is 6.42 Å². The fourth-order valence-corrected chi connectivity index (χ4v) is 2.66. The molecule has 1 fully saturated rings. The van der Waals surface area contributed by atoms with Crippen molar-refractivity contribution >= 4 is 35.6 Å². The number of likely N-dealkylation sites (tertiary alicyclic amines) is 1. The predicted octanol–water partition coefficient (Wildman–Crippen LogP) is 3.10. The largest absolute Gasteiger partial charge is 0.378 e. The van der Waals surface area contributed by atoms with E-state index in [1.54, 1.807) is 0 Å². The van der Waals surface area contributed by atoms with Crippen LogP contribution in [-0.4, -0.2) is 44.6 Å². The third kappa shape index (κ3) is 6.02. The summed E-state index contributed by atoms with van der Waals surface area (Å²) in [5, 5.41) is 0. The zero-order valence-electron chi connectivity index (χ0n) is 13.8. The van der Waals surface area contributed by atoms with E-state index in [-0.39, 0.29) is 24.0 Å². The Labute approximate surface area is 151 Å². The molecular formula is C17H29IN4. The van der Waals surface area contributed by atoms with Crippen molar-refractivity contribution in [1.29, 1.82) is 0 Å². The monoisotopic (exact) mass is 416 g/mol. The molecule has 1 aliphatic rings. The van der Waals surface area contributed by atoms with Crippen LogP contribution in [0.5, 0.6) is 0 Å². The number of nitrogens with zero attached hydrogens (tertiary/aromatic N) is 3. The van der Waals surface area contributed by atoms with Crippen LogP contribution in [0.25, 0.3) is 0 Å². The molecule has 5 heteroatoms. The SMILES string of the molecule is CN(C)c1ccc(CCN=C(N)N2CCCCCC2)cc1.I. The van der Waals surface area contributed by atoms with Crippen molar-refractivity contribution in [2.24, 2.45) is 10.7 Å². The molecule has 0 spiro atoms. The summed E-state index contributed by atoms with van der Waals surface area (Å²) in [7, 11) is 4.11. The molecule has 2 N–H and O–H groups in total. The van der Waals surface area contributed by atoms with Crippen LogP contribution < -0.4 is 10.6 Å². The molecule has 1 saturated heterocycles. The molecule has 22 heavy (non-hydrogen) atoms. The zero-order valence-corrected chi connectivity index (χ0v) is 16.1. The Balaban J connectivity index is 0.00000242. The summed E-state index contributed by atoms with van der Waals surface area (Å²) in [6, 6.07) is 8.65. The lowest BCUT2D eigenvalue weighted by molar-refractivity contribution is 0.428. The Morgan fingerprint density at radius 2 is 1.68 bits per heavy atom. The van der Waals surface area contributed by atoms with Gasteiger partial charge in [-0.1, -0.05) is 25.0 Å². The molecule has 1 heterocycles. The van der Waals surface area contributed by atoms with E-state index in [0.717, 1.165) is 32.0 Å². The molecule has 1 aromatic carbocycles. The van der Waals surface area contributed by atoms with Crippen molar-refractivity contribution in [2.75, 3.05) is 38.6 Å². The average molecular weight is 416 g/mol. The first-order chi connectivity index (χ1) is 10.2. The Bertz CT molecular complexity index is 448. The summed E-state index contributed by atoms with van der Waals surface area (Å²) < 4.78 is 0. The quantitative estimate of drug-likeness (QED) is 0.466. The standard InChI is InChI=1S/C17H28N4.HI/c1-20(2)16-9-7-15(8-10-16)11-12-19-17(18)21-13-5-3-4-6-14-21;/h7-10H,3-6,11-14H2,1-2H3,(H2,18,19);1H. The van der Waals surface area contributed by atoms with E-state index in [2.05, 4.69) is 53.2 Å². The maximum absolute atomic E-state index is 6.12. The molecule has 2 rings (SSSR count). The molecule has 1 aromatic rings. The summed E-state index contributed by atoms with van der Waals surface area (Å²) in [6.45, 7) is 2.89. The van der Waals surface area contributed by atoms with Crippen molar-refractivity contribution in [3.63, 3.8) is 0 Å². The average Bonchev–Trinajstić information content (AvgIpc) is 2.77. The number of guanidine groups is 1. The van der Waals surface area contributed by atoms with E-state index in [0.29, 0.717) is 0 Å². The highest BCUT2D eigenvalue weighted by Crippen LogP contribution is 2.13. The van der Waals surface area contributed by atoms with Gasteiger partial charge in [-0.2, -0.15) is 0 Å². The van der Waals surface area contributed by atoms with Crippen molar-refractivity contribution in [2.45, 2.75) is 32.1 Å². The van der Waals surface area contributed by atoms with Crippen molar-refractivity contribution in [1.82, 2.24) is 4.90 Å². The van der Waals surface area contributed by atoms with Crippen LogP contribution in [0.2, 0.25) is 0 Å². The van der Waals surface area contributed by atoms with Crippen LogP contribution in [0.3, 0.4) is 0 Å². The number of anilines is 1. The topological polar surface area (TPSA) is 44.9 Å². The van der Waals surface area contributed by atoms with Gasteiger partial charge < -0.3 is 15.5 Å². The number of benzene rings is 1. The molecule has 0 saturated carbocycles. The second-order valence-corrected chi connectivity index (χ2v) is 5.95. The van der Waals surface area contributed by atoms with Gasteiger partial charge in [-0.25, -0.2) is 0 Å². The van der Waals surface area contributed by atoms with Gasteiger partial charge in [0, 0.05) is 39.4 Å². The van der Waals surface area contributed by atoms with Gasteiger partial charge in [-0.3, -0.25) is 4.99 Å². The fraction of sp³-hybridized carbons (Fsp3) is 0.588. The minimum absolute atomic E-state index is 0. The van der Waals surface area contributed by atoms with E-state index in [4.69, 9.17) is 5.73 Å². The Kier molecular flexibility index (Phi) is 8.60. The summed E-state index contributed by atoms with van der Waals surface area (Å²) >= 11 is 0. The lowest BCUT2D eigenvalue weighted by atomic mass is 10.1. The molecule has 0 bridgehead atoms. The van der Waals surface area contributed by atoms with E-state index < -0.39 is 0 Å². The molecule has 0 unspecified atom stereocenters. The highest BCUT2D eigenvalue weighted by molar-refractivity contribution is 14.0. The van der Waals surface area contributed by atoms with Crippen molar-refractivity contribution in [3.05, 3.63) is 29.8 Å². The van der Waals surface area contributed by atoms with E-state index in [9.17, 15) is 0 Å². The number of rotatable bonds is 4. The summed E-state index contributed by atoms with van der Waals surface area (Å²) in [5.74, 6) is 0.724. The van der Waals surface area contributed by atoms with Crippen LogP contribution in [0, 0.1) is 0 Å². The molecular weight excluding hydrogens is 387 g/mol. The minimum atomic E-state index is 0. The lowest BCUT2D eigenvalue weighted by Crippen LogP contribution is -2.38. The smallest absolute Gasteiger partial charge is 0.191 e. The normalized spacial score (nSPS) is 15.9. The highest BCUT2D eigenvalue weighted by Gasteiger charge is 2.10. The Morgan fingerprint density at radius 1 is 1.09 bits per heavy atom. The van der Waals surface area contributed by atoms with E-state index >= 15 is 0 Å². The third-order valence-corrected chi connectivity index (χ3v) is 4.06. The maximum atomic E-state index is 6.12. The van der Waals surface area contributed by atoms with Gasteiger partial charge in [0.05, 0.1) is 0 Å². The first kappa shape index (κ1) is 19.1. The number of hydrogen-bond donors (Lipinski definition) is 1. The second-order valence-electron chi connectivity index (χ2n) is 5.95. The summed E-state index contributed by atoms with van der Waals surface area (Å²) in [4.78, 5) is 8.90. The van der Waals surface area contributed by atoms with Gasteiger partial charge in [-0.15, -0.1) is 24.0 Å². The molecule has 124 valence electrons. The molecule has 4 nitrogen and oxygen atoms in total. The van der Waals surface area contributed by atoms with E-state index in [1.165, 1.54) is 36.9 Å². The van der Waals surface area contributed by atoms with Crippen molar-refractivity contribution < 1.29 is 0 Å². The summed E-state index contributed by atoms with van der Waals surface area (Å²) in [5.41, 5.74) is 8.66. The molecule has 0 atom stereocenters. The zero-order chi connectivity index (χ0) is 15.1. The first-order valence-electron chi connectivity index (χ1n) is 7.98.